The molecular weight excluding hydrogens is 238 g/mol. The second-order valence-corrected chi connectivity index (χ2v) is 3.85. The van der Waals surface area contributed by atoms with Crippen molar-refractivity contribution in [2.45, 2.75) is 12.8 Å². The van der Waals surface area contributed by atoms with Gasteiger partial charge in [-0.1, -0.05) is 41.9 Å². The molecule has 1 heterocycles. The molecule has 0 amide bonds. The number of aliphatic hydroxyl groups is 1. The summed E-state index contributed by atoms with van der Waals surface area (Å²) in [5, 5.41) is 13.1. The van der Waals surface area contributed by atoms with Gasteiger partial charge in [0.15, 0.2) is 5.15 Å². The molecule has 0 aliphatic carbocycles. The minimum Gasteiger partial charge on any atom is -0.374 e. The molecule has 0 aliphatic rings. The Bertz CT molecular complexity index is 478. The Labute approximate surface area is 104 Å². The van der Waals surface area contributed by atoms with Gasteiger partial charge in [0.1, 0.15) is 6.23 Å². The Kier molecular flexibility index (Phi) is 4.03. The van der Waals surface area contributed by atoms with E-state index in [1.165, 1.54) is 6.20 Å². The van der Waals surface area contributed by atoms with E-state index in [-0.39, 0.29) is 0 Å². The monoisotopic (exact) mass is 249 g/mol. The van der Waals surface area contributed by atoms with Gasteiger partial charge in [-0.2, -0.15) is 0 Å². The number of hydrogen-bond donors (Lipinski definition) is 2. The van der Waals surface area contributed by atoms with Crippen LogP contribution in [0.5, 0.6) is 0 Å². The van der Waals surface area contributed by atoms with Crippen LogP contribution in [0.1, 0.15) is 17.5 Å². The topological polar surface area (TPSA) is 58.0 Å². The fourth-order valence-corrected chi connectivity index (χ4v) is 1.59. The number of aliphatic hydroxyl groups excluding tert-OH is 1. The lowest BCUT2D eigenvalue weighted by Crippen LogP contribution is -2.21. The highest BCUT2D eigenvalue weighted by Gasteiger charge is 2.08. The van der Waals surface area contributed by atoms with Crippen LogP contribution in [0.4, 0.5) is 0 Å². The molecule has 1 atom stereocenters. The first-order valence-corrected chi connectivity index (χ1v) is 5.57. The number of rotatable bonds is 4. The van der Waals surface area contributed by atoms with Crippen LogP contribution >= 0.6 is 11.6 Å². The highest BCUT2D eigenvalue weighted by atomic mass is 35.5. The van der Waals surface area contributed by atoms with E-state index >= 15 is 0 Å². The maximum atomic E-state index is 9.87. The third-order valence-corrected chi connectivity index (χ3v) is 2.62. The molecule has 0 bridgehead atoms. The number of nitrogens with one attached hydrogen (secondary N) is 1. The quantitative estimate of drug-likeness (QED) is 0.813. The van der Waals surface area contributed by atoms with Gasteiger partial charge in [0.25, 0.3) is 0 Å². The van der Waals surface area contributed by atoms with E-state index in [1.54, 1.807) is 6.20 Å². The minimum atomic E-state index is -0.741. The molecule has 0 saturated carbocycles. The molecule has 1 aromatic carbocycles. The summed E-state index contributed by atoms with van der Waals surface area (Å²) < 4.78 is 0. The maximum absolute atomic E-state index is 9.87. The molecule has 2 N–H and O–H groups in total. The van der Waals surface area contributed by atoms with Crippen molar-refractivity contribution in [3.05, 3.63) is 59.1 Å². The van der Waals surface area contributed by atoms with Gasteiger partial charge in [-0.15, -0.1) is 0 Å². The molecule has 88 valence electrons. The highest BCUT2D eigenvalue weighted by molar-refractivity contribution is 6.29. The molecule has 5 heteroatoms. The number of aromatic nitrogens is 2. The molecular formula is C12H12ClN3O. The van der Waals surface area contributed by atoms with E-state index < -0.39 is 6.23 Å². The standard InChI is InChI=1S/C12H12ClN3O/c13-11-10(14-6-7-15-11)8-16-12(17)9-4-2-1-3-5-9/h1-7,12,16-17H,8H2. The van der Waals surface area contributed by atoms with Crippen molar-refractivity contribution in [2.24, 2.45) is 0 Å². The fraction of sp³-hybridized carbons (Fsp3) is 0.167. The van der Waals surface area contributed by atoms with Gasteiger partial charge >= 0.3 is 0 Å². The Hall–Kier alpha value is -1.49. The first-order valence-electron chi connectivity index (χ1n) is 5.19. The number of hydrogen-bond acceptors (Lipinski definition) is 4. The van der Waals surface area contributed by atoms with Crippen molar-refractivity contribution >= 4 is 11.6 Å². The lowest BCUT2D eigenvalue weighted by Gasteiger charge is -2.12. The predicted octanol–water partition coefficient (Wildman–Crippen LogP) is 1.91. The third-order valence-electron chi connectivity index (χ3n) is 2.30. The molecule has 0 aliphatic heterocycles. The van der Waals surface area contributed by atoms with Crippen LogP contribution in [-0.4, -0.2) is 15.1 Å². The molecule has 17 heavy (non-hydrogen) atoms. The second kappa shape index (κ2) is 5.72. The van der Waals surface area contributed by atoms with E-state index in [9.17, 15) is 5.11 Å². The number of benzene rings is 1. The van der Waals surface area contributed by atoms with Crippen LogP contribution in [0.2, 0.25) is 5.15 Å². The predicted molar refractivity (Wildman–Crippen MR) is 65.3 cm³/mol. The summed E-state index contributed by atoms with van der Waals surface area (Å²) in [6.45, 7) is 0.364. The smallest absolute Gasteiger partial charge is 0.151 e. The van der Waals surface area contributed by atoms with E-state index in [0.717, 1.165) is 5.56 Å². The highest BCUT2D eigenvalue weighted by Crippen LogP contribution is 2.12. The van der Waals surface area contributed by atoms with Crippen molar-refractivity contribution in [1.29, 1.82) is 0 Å². The van der Waals surface area contributed by atoms with Crippen LogP contribution < -0.4 is 5.32 Å². The number of halogens is 1. The zero-order chi connectivity index (χ0) is 12.1. The Morgan fingerprint density at radius 3 is 2.59 bits per heavy atom. The zero-order valence-corrected chi connectivity index (χ0v) is 9.80. The van der Waals surface area contributed by atoms with Gasteiger partial charge in [-0.25, -0.2) is 4.98 Å². The first kappa shape index (κ1) is 12.0. The summed E-state index contributed by atoms with van der Waals surface area (Å²) in [4.78, 5) is 7.99. The van der Waals surface area contributed by atoms with Gasteiger partial charge < -0.3 is 5.11 Å². The largest absolute Gasteiger partial charge is 0.374 e. The average molecular weight is 250 g/mol. The van der Waals surface area contributed by atoms with Crippen molar-refractivity contribution in [1.82, 2.24) is 15.3 Å². The summed E-state index contributed by atoms with van der Waals surface area (Å²) >= 11 is 5.86. The molecule has 1 aromatic heterocycles. The summed E-state index contributed by atoms with van der Waals surface area (Å²) in [7, 11) is 0. The lowest BCUT2D eigenvalue weighted by atomic mass is 10.2. The van der Waals surface area contributed by atoms with Crippen LogP contribution in [0, 0.1) is 0 Å². The van der Waals surface area contributed by atoms with Crippen molar-refractivity contribution in [3.8, 4) is 0 Å². The minimum absolute atomic E-state index is 0.347. The molecule has 2 aromatic rings. The van der Waals surface area contributed by atoms with Gasteiger partial charge in [0.2, 0.25) is 0 Å². The van der Waals surface area contributed by atoms with E-state index in [4.69, 9.17) is 11.6 Å². The van der Waals surface area contributed by atoms with Crippen molar-refractivity contribution in [2.75, 3.05) is 0 Å². The molecule has 1 unspecified atom stereocenters. The summed E-state index contributed by atoms with van der Waals surface area (Å²) in [5.74, 6) is 0. The summed E-state index contributed by atoms with van der Waals surface area (Å²) in [6.07, 6.45) is 2.35. The fourth-order valence-electron chi connectivity index (χ4n) is 1.41. The Balaban J connectivity index is 1.97. The molecule has 0 spiro atoms. The average Bonchev–Trinajstić information content (AvgIpc) is 2.38. The lowest BCUT2D eigenvalue weighted by molar-refractivity contribution is 0.136. The van der Waals surface area contributed by atoms with Crippen LogP contribution in [-0.2, 0) is 6.54 Å². The van der Waals surface area contributed by atoms with Gasteiger partial charge in [0.05, 0.1) is 5.69 Å². The van der Waals surface area contributed by atoms with E-state index in [2.05, 4.69) is 15.3 Å². The molecule has 2 rings (SSSR count). The van der Waals surface area contributed by atoms with Crippen molar-refractivity contribution in [3.63, 3.8) is 0 Å². The molecule has 0 fully saturated rings. The zero-order valence-electron chi connectivity index (χ0n) is 9.05. The van der Waals surface area contributed by atoms with E-state index in [1.807, 2.05) is 30.3 Å². The molecule has 0 saturated heterocycles. The summed E-state index contributed by atoms with van der Waals surface area (Å²) in [5.41, 5.74) is 1.41. The van der Waals surface area contributed by atoms with Gasteiger partial charge in [-0.3, -0.25) is 10.3 Å². The van der Waals surface area contributed by atoms with E-state index in [0.29, 0.717) is 17.4 Å². The Morgan fingerprint density at radius 2 is 1.88 bits per heavy atom. The second-order valence-electron chi connectivity index (χ2n) is 3.49. The Morgan fingerprint density at radius 1 is 1.18 bits per heavy atom. The van der Waals surface area contributed by atoms with Gasteiger partial charge in [0, 0.05) is 18.9 Å². The summed E-state index contributed by atoms with van der Waals surface area (Å²) in [6, 6.07) is 9.33. The molecule has 4 nitrogen and oxygen atoms in total. The normalized spacial score (nSPS) is 12.4. The third kappa shape index (κ3) is 3.23. The van der Waals surface area contributed by atoms with Crippen LogP contribution in [0.25, 0.3) is 0 Å². The van der Waals surface area contributed by atoms with Crippen molar-refractivity contribution < 1.29 is 5.11 Å². The van der Waals surface area contributed by atoms with Crippen LogP contribution in [0.3, 0.4) is 0 Å². The number of nitrogens with zero attached hydrogens (tertiary/aromatic N) is 2. The van der Waals surface area contributed by atoms with Gasteiger partial charge in [-0.05, 0) is 5.56 Å². The first-order chi connectivity index (χ1) is 8.27. The van der Waals surface area contributed by atoms with Crippen LogP contribution in [0.15, 0.2) is 42.7 Å². The SMILES string of the molecule is OC(NCc1nccnc1Cl)c1ccccc1. The maximum Gasteiger partial charge on any atom is 0.151 e. The molecule has 0 radical (unpaired) electrons.